The fraction of sp³-hybridized carbons (Fsp3) is 0.750. The number of Topliss-reactive ketones (excluding diaryl/α,β-unsaturated/α-hetero) is 1. The van der Waals surface area contributed by atoms with Gasteiger partial charge in [-0.3, -0.25) is 9.59 Å². The van der Waals surface area contributed by atoms with E-state index in [1.54, 1.807) is 6.08 Å². The maximum Gasteiger partial charge on any atom is 0.336 e. The first-order valence-corrected chi connectivity index (χ1v) is 13.0. The van der Waals surface area contributed by atoms with Crippen molar-refractivity contribution in [3.8, 4) is 0 Å². The van der Waals surface area contributed by atoms with Crippen molar-refractivity contribution in [1.82, 2.24) is 0 Å². The molecule has 0 amide bonds. The van der Waals surface area contributed by atoms with Crippen LogP contribution in [0.5, 0.6) is 0 Å². The largest absolute Gasteiger partial charge is 0.458 e. The number of epoxide rings is 1. The van der Waals surface area contributed by atoms with E-state index in [0.717, 1.165) is 31.3 Å². The highest BCUT2D eigenvalue weighted by Gasteiger charge is 2.77. The normalized spacial score (nSPS) is 50.2. The minimum atomic E-state index is -0.495. The van der Waals surface area contributed by atoms with Gasteiger partial charge in [0.05, 0.1) is 23.7 Å². The fourth-order valence-electron chi connectivity index (χ4n) is 9.39. The molecule has 1 saturated heterocycles. The molecular formula is C28H36O6. The van der Waals surface area contributed by atoms with Gasteiger partial charge in [0, 0.05) is 24.7 Å². The summed E-state index contributed by atoms with van der Waals surface area (Å²) in [7, 11) is 0. The molecule has 0 aromatic heterocycles. The predicted octanol–water partition coefficient (Wildman–Crippen LogP) is 3.56. The lowest BCUT2D eigenvalue weighted by Crippen LogP contribution is -2.60. The number of hydrogen-bond acceptors (Lipinski definition) is 6. The van der Waals surface area contributed by atoms with Crippen LogP contribution in [0, 0.1) is 40.4 Å². The molecule has 6 nitrogen and oxygen atoms in total. The van der Waals surface area contributed by atoms with E-state index in [9.17, 15) is 19.5 Å². The molecule has 0 radical (unpaired) electrons. The average Bonchev–Trinajstić information content (AvgIpc) is 3.41. The van der Waals surface area contributed by atoms with Crippen molar-refractivity contribution in [2.45, 2.75) is 84.0 Å². The SMILES string of the molecule is CC1=C(CO)C(=O)O[C@@H]([C@@H](C)[C@H]2C(=O)C[C@H]3[C@@H]4C[C@H]5O[C@]56CC=CC(=O)[C@]6(C)[C@H]4CC[C@]23C)C1. The molecule has 6 heteroatoms. The molecule has 4 fully saturated rings. The lowest BCUT2D eigenvalue weighted by Gasteiger charge is -2.57. The van der Waals surface area contributed by atoms with Crippen LogP contribution < -0.4 is 0 Å². The number of aliphatic hydroxyl groups is 1. The molecule has 0 bridgehead atoms. The van der Waals surface area contributed by atoms with E-state index in [4.69, 9.17) is 9.47 Å². The molecule has 6 aliphatic rings. The smallest absolute Gasteiger partial charge is 0.336 e. The number of aliphatic hydroxyl groups excluding tert-OH is 1. The van der Waals surface area contributed by atoms with Crippen LogP contribution in [0.15, 0.2) is 23.3 Å². The molecule has 0 aromatic rings. The van der Waals surface area contributed by atoms with Gasteiger partial charge in [-0.15, -0.1) is 0 Å². The third-order valence-electron chi connectivity index (χ3n) is 11.3. The van der Waals surface area contributed by atoms with E-state index in [-0.39, 0.29) is 65.1 Å². The highest BCUT2D eigenvalue weighted by molar-refractivity contribution is 5.98. The Morgan fingerprint density at radius 1 is 1.18 bits per heavy atom. The summed E-state index contributed by atoms with van der Waals surface area (Å²) in [6.07, 6.45) is 8.22. The molecule has 2 aliphatic heterocycles. The number of carbonyl (C=O) groups is 3. The van der Waals surface area contributed by atoms with Gasteiger partial charge in [0.2, 0.25) is 0 Å². The van der Waals surface area contributed by atoms with E-state index in [0.29, 0.717) is 24.3 Å². The Bertz CT molecular complexity index is 1040. The maximum absolute atomic E-state index is 13.6. The third kappa shape index (κ3) is 2.62. The standard InChI is InChI=1S/C28H36O6/c1-14-10-21(33-25(32)17(14)13-29)15(2)24-20(30)12-19-16-11-23-28(34-23)8-5-6-22(31)27(28,4)18(16)7-9-26(19,24)3/h5-6,15-16,18-19,21,23-24,29H,7-13H2,1-4H3/t15-,16-,18+,19+,21-,23-,24+,26+,27+,28-/m1/s1. The van der Waals surface area contributed by atoms with Crippen LogP contribution >= 0.6 is 0 Å². The summed E-state index contributed by atoms with van der Waals surface area (Å²) >= 11 is 0. The Balaban J connectivity index is 1.30. The quantitative estimate of drug-likeness (QED) is 0.503. The number of carbonyl (C=O) groups excluding carboxylic acids is 3. The average molecular weight is 469 g/mol. The number of rotatable bonds is 3. The lowest BCUT2D eigenvalue weighted by molar-refractivity contribution is -0.155. The number of cyclic esters (lactones) is 1. The van der Waals surface area contributed by atoms with Crippen molar-refractivity contribution in [2.24, 2.45) is 40.4 Å². The van der Waals surface area contributed by atoms with Crippen LogP contribution in [0.3, 0.4) is 0 Å². The maximum atomic E-state index is 13.6. The minimum Gasteiger partial charge on any atom is -0.458 e. The molecule has 0 unspecified atom stereocenters. The van der Waals surface area contributed by atoms with Gasteiger partial charge in [0.25, 0.3) is 0 Å². The first-order valence-electron chi connectivity index (χ1n) is 13.0. The van der Waals surface area contributed by atoms with E-state index in [1.165, 1.54) is 0 Å². The molecule has 3 saturated carbocycles. The first-order chi connectivity index (χ1) is 16.1. The van der Waals surface area contributed by atoms with Gasteiger partial charge in [-0.05, 0) is 68.8 Å². The third-order valence-corrected chi connectivity index (χ3v) is 11.3. The Hall–Kier alpha value is -1.79. The fourth-order valence-corrected chi connectivity index (χ4v) is 9.39. The van der Waals surface area contributed by atoms with E-state index < -0.39 is 11.4 Å². The Kier molecular flexibility index (Phi) is 4.75. The highest BCUT2D eigenvalue weighted by Crippen LogP contribution is 2.72. The molecular weight excluding hydrogens is 432 g/mol. The molecule has 0 aromatic carbocycles. The molecule has 6 rings (SSSR count). The van der Waals surface area contributed by atoms with Crippen LogP contribution in [0.4, 0.5) is 0 Å². The second kappa shape index (κ2) is 7.13. The topological polar surface area (TPSA) is 93.2 Å². The van der Waals surface area contributed by atoms with Gasteiger partial charge in [-0.2, -0.15) is 0 Å². The Labute approximate surface area is 201 Å². The molecule has 1 spiro atoms. The summed E-state index contributed by atoms with van der Waals surface area (Å²) in [6, 6.07) is 0. The van der Waals surface area contributed by atoms with E-state index >= 15 is 0 Å². The number of hydrogen-bond donors (Lipinski definition) is 1. The summed E-state index contributed by atoms with van der Waals surface area (Å²) in [5.41, 5.74) is 0.217. The van der Waals surface area contributed by atoms with Gasteiger partial charge in [-0.25, -0.2) is 4.79 Å². The molecule has 184 valence electrons. The first kappa shape index (κ1) is 22.7. The van der Waals surface area contributed by atoms with Gasteiger partial charge < -0.3 is 14.6 Å². The summed E-state index contributed by atoms with van der Waals surface area (Å²) < 4.78 is 12.1. The number of ketones is 2. The minimum absolute atomic E-state index is 0.0899. The molecule has 10 atom stereocenters. The molecule has 34 heavy (non-hydrogen) atoms. The second-order valence-corrected chi connectivity index (χ2v) is 12.4. The lowest BCUT2D eigenvalue weighted by atomic mass is 9.44. The van der Waals surface area contributed by atoms with Gasteiger partial charge in [-0.1, -0.05) is 25.5 Å². The zero-order valence-electron chi connectivity index (χ0n) is 20.6. The highest BCUT2D eigenvalue weighted by atomic mass is 16.6. The summed E-state index contributed by atoms with van der Waals surface area (Å²) in [5.74, 6) is 0.544. The van der Waals surface area contributed by atoms with E-state index in [1.807, 2.05) is 13.0 Å². The summed E-state index contributed by atoms with van der Waals surface area (Å²) in [6.45, 7) is 8.02. The monoisotopic (exact) mass is 468 g/mol. The van der Waals surface area contributed by atoms with Crippen LogP contribution in [-0.4, -0.2) is 47.1 Å². The molecule has 2 heterocycles. The van der Waals surface area contributed by atoms with Crippen molar-refractivity contribution < 1.29 is 29.0 Å². The number of fused-ring (bicyclic) bond motifs is 4. The van der Waals surface area contributed by atoms with Gasteiger partial charge in [0.1, 0.15) is 17.5 Å². The van der Waals surface area contributed by atoms with Gasteiger partial charge in [0.15, 0.2) is 5.78 Å². The van der Waals surface area contributed by atoms with E-state index in [2.05, 4.69) is 20.8 Å². The molecule has 1 N–H and O–H groups in total. The van der Waals surface area contributed by atoms with Gasteiger partial charge >= 0.3 is 5.97 Å². The Morgan fingerprint density at radius 3 is 2.65 bits per heavy atom. The zero-order chi connectivity index (χ0) is 24.2. The zero-order valence-corrected chi connectivity index (χ0v) is 20.6. The van der Waals surface area contributed by atoms with Crippen molar-refractivity contribution in [3.63, 3.8) is 0 Å². The van der Waals surface area contributed by atoms with Crippen LogP contribution in [0.1, 0.15) is 66.2 Å². The van der Waals surface area contributed by atoms with Crippen molar-refractivity contribution in [1.29, 1.82) is 0 Å². The van der Waals surface area contributed by atoms with Crippen LogP contribution in [0.2, 0.25) is 0 Å². The van der Waals surface area contributed by atoms with Crippen molar-refractivity contribution in [2.75, 3.05) is 6.61 Å². The number of esters is 1. The second-order valence-electron chi connectivity index (χ2n) is 12.4. The number of ether oxygens (including phenoxy) is 2. The summed E-state index contributed by atoms with van der Waals surface area (Å²) in [5, 5.41) is 9.51. The number of allylic oxidation sites excluding steroid dienone is 1. The van der Waals surface area contributed by atoms with Crippen LogP contribution in [0.25, 0.3) is 0 Å². The molecule has 4 aliphatic carbocycles. The summed E-state index contributed by atoms with van der Waals surface area (Å²) in [4.78, 5) is 39.3. The predicted molar refractivity (Wildman–Crippen MR) is 123 cm³/mol. The van der Waals surface area contributed by atoms with Crippen molar-refractivity contribution >= 4 is 17.5 Å². The Morgan fingerprint density at radius 2 is 1.94 bits per heavy atom. The van der Waals surface area contributed by atoms with Crippen LogP contribution in [-0.2, 0) is 23.9 Å². The van der Waals surface area contributed by atoms with Crippen molar-refractivity contribution in [3.05, 3.63) is 23.3 Å².